The minimum atomic E-state index is -1.04. The lowest BCUT2D eigenvalue weighted by molar-refractivity contribution is -0.149. The monoisotopic (exact) mass is 253 g/mol. The highest BCUT2D eigenvalue weighted by atomic mass is 16.4. The van der Waals surface area contributed by atoms with Crippen LogP contribution in [0.1, 0.15) is 51.9 Å². The van der Waals surface area contributed by atoms with Gasteiger partial charge < -0.3 is 10.4 Å². The van der Waals surface area contributed by atoms with Gasteiger partial charge in [-0.25, -0.2) is 4.79 Å². The van der Waals surface area contributed by atoms with E-state index >= 15 is 0 Å². The molecular weight excluding hydrogens is 230 g/mol. The van der Waals surface area contributed by atoms with Gasteiger partial charge >= 0.3 is 5.97 Å². The summed E-state index contributed by atoms with van der Waals surface area (Å²) < 4.78 is 0. The maximum Gasteiger partial charge on any atom is 0.329 e. The Hall–Kier alpha value is -1.32. The molecule has 0 aliphatic heterocycles. The fraction of sp³-hybridized carbons (Fsp3) is 0.714. The quantitative estimate of drug-likeness (QED) is 0.715. The molecule has 1 fully saturated rings. The van der Waals surface area contributed by atoms with Gasteiger partial charge in [-0.15, -0.1) is 6.58 Å². The van der Waals surface area contributed by atoms with Crippen LogP contribution >= 0.6 is 0 Å². The summed E-state index contributed by atoms with van der Waals surface area (Å²) in [5.41, 5.74) is -1.04. The smallest absolute Gasteiger partial charge is 0.329 e. The van der Waals surface area contributed by atoms with E-state index in [0.29, 0.717) is 31.6 Å². The van der Waals surface area contributed by atoms with Gasteiger partial charge in [0.25, 0.3) is 0 Å². The molecule has 0 heterocycles. The van der Waals surface area contributed by atoms with Crippen molar-refractivity contribution in [1.82, 2.24) is 5.32 Å². The molecule has 0 aromatic carbocycles. The Morgan fingerprint density at radius 1 is 1.44 bits per heavy atom. The van der Waals surface area contributed by atoms with Crippen molar-refractivity contribution in [2.24, 2.45) is 5.92 Å². The second-order valence-corrected chi connectivity index (χ2v) is 5.11. The fourth-order valence-corrected chi connectivity index (χ4v) is 2.53. The van der Waals surface area contributed by atoms with Gasteiger partial charge in [0.1, 0.15) is 5.54 Å². The van der Waals surface area contributed by atoms with Crippen molar-refractivity contribution in [2.75, 3.05) is 0 Å². The number of rotatable bonds is 6. The Kier molecular flexibility index (Phi) is 5.38. The van der Waals surface area contributed by atoms with Crippen molar-refractivity contribution in [3.05, 3.63) is 12.7 Å². The Labute approximate surface area is 108 Å². The molecule has 0 spiro atoms. The van der Waals surface area contributed by atoms with E-state index in [1.807, 2.05) is 0 Å². The second-order valence-electron chi connectivity index (χ2n) is 5.11. The lowest BCUT2D eigenvalue weighted by Gasteiger charge is -2.37. The van der Waals surface area contributed by atoms with E-state index in [1.165, 1.54) is 0 Å². The van der Waals surface area contributed by atoms with Crippen molar-refractivity contribution in [1.29, 1.82) is 0 Å². The number of amides is 1. The molecule has 0 radical (unpaired) electrons. The zero-order valence-corrected chi connectivity index (χ0v) is 11.1. The molecule has 4 nitrogen and oxygen atoms in total. The molecule has 4 heteroatoms. The molecule has 0 saturated heterocycles. The van der Waals surface area contributed by atoms with E-state index in [2.05, 4.69) is 18.8 Å². The van der Waals surface area contributed by atoms with Crippen LogP contribution in [0.4, 0.5) is 0 Å². The van der Waals surface area contributed by atoms with E-state index in [-0.39, 0.29) is 5.91 Å². The van der Waals surface area contributed by atoms with Crippen molar-refractivity contribution >= 4 is 11.9 Å². The van der Waals surface area contributed by atoms with Crippen LogP contribution in [0, 0.1) is 5.92 Å². The second kappa shape index (κ2) is 6.57. The normalized spacial score (nSPS) is 27.5. The van der Waals surface area contributed by atoms with Gasteiger partial charge in [-0.1, -0.05) is 19.4 Å². The lowest BCUT2D eigenvalue weighted by Crippen LogP contribution is -2.56. The lowest BCUT2D eigenvalue weighted by atomic mass is 9.75. The first-order valence-electron chi connectivity index (χ1n) is 6.69. The van der Waals surface area contributed by atoms with Gasteiger partial charge in [-0.05, 0) is 38.0 Å². The summed E-state index contributed by atoms with van der Waals surface area (Å²) >= 11 is 0. The number of hydrogen-bond donors (Lipinski definition) is 2. The number of hydrogen-bond acceptors (Lipinski definition) is 2. The van der Waals surface area contributed by atoms with E-state index in [9.17, 15) is 14.7 Å². The van der Waals surface area contributed by atoms with Gasteiger partial charge in [-0.2, -0.15) is 0 Å². The molecule has 0 atom stereocenters. The average Bonchev–Trinajstić information content (AvgIpc) is 2.37. The van der Waals surface area contributed by atoms with Crippen molar-refractivity contribution in [3.8, 4) is 0 Å². The fourth-order valence-electron chi connectivity index (χ4n) is 2.53. The molecule has 1 aliphatic rings. The molecule has 1 saturated carbocycles. The van der Waals surface area contributed by atoms with Crippen LogP contribution < -0.4 is 5.32 Å². The Morgan fingerprint density at radius 3 is 2.50 bits per heavy atom. The van der Waals surface area contributed by atoms with E-state index in [4.69, 9.17) is 0 Å². The Bertz CT molecular complexity index is 317. The van der Waals surface area contributed by atoms with Crippen molar-refractivity contribution < 1.29 is 14.7 Å². The first-order valence-corrected chi connectivity index (χ1v) is 6.69. The zero-order valence-electron chi connectivity index (χ0n) is 11.1. The number of carboxylic acids is 1. The van der Waals surface area contributed by atoms with Crippen LogP contribution in [0.2, 0.25) is 0 Å². The highest BCUT2D eigenvalue weighted by molar-refractivity contribution is 5.87. The van der Waals surface area contributed by atoms with Crippen LogP contribution in [-0.4, -0.2) is 22.5 Å². The van der Waals surface area contributed by atoms with Gasteiger partial charge in [0, 0.05) is 6.42 Å². The Balaban J connectivity index is 2.62. The molecule has 0 aromatic heterocycles. The molecular formula is C14H23NO3. The number of nitrogens with one attached hydrogen (secondary N) is 1. The largest absolute Gasteiger partial charge is 0.480 e. The highest BCUT2D eigenvalue weighted by Crippen LogP contribution is 2.34. The van der Waals surface area contributed by atoms with E-state index in [1.54, 1.807) is 6.08 Å². The maximum absolute atomic E-state index is 11.7. The number of carbonyl (C=O) groups is 2. The van der Waals surface area contributed by atoms with Crippen LogP contribution in [0.15, 0.2) is 12.7 Å². The third-order valence-corrected chi connectivity index (χ3v) is 3.90. The molecule has 102 valence electrons. The summed E-state index contributed by atoms with van der Waals surface area (Å²) in [6.45, 7) is 5.68. The summed E-state index contributed by atoms with van der Waals surface area (Å²) in [4.78, 5) is 23.2. The number of allylic oxidation sites excluding steroid dienone is 1. The maximum atomic E-state index is 11.7. The van der Waals surface area contributed by atoms with Crippen molar-refractivity contribution in [3.63, 3.8) is 0 Å². The zero-order chi connectivity index (χ0) is 13.6. The first-order chi connectivity index (χ1) is 8.54. The number of carboxylic acid groups (broad SMARTS) is 1. The minimum Gasteiger partial charge on any atom is -0.480 e. The van der Waals surface area contributed by atoms with Crippen LogP contribution in [0.3, 0.4) is 0 Å². The third kappa shape index (κ3) is 3.59. The highest BCUT2D eigenvalue weighted by Gasteiger charge is 2.42. The van der Waals surface area contributed by atoms with Crippen LogP contribution in [0.5, 0.6) is 0 Å². The topological polar surface area (TPSA) is 66.4 Å². The summed E-state index contributed by atoms with van der Waals surface area (Å²) in [6.07, 6.45) is 6.49. The minimum absolute atomic E-state index is 0.188. The van der Waals surface area contributed by atoms with Crippen molar-refractivity contribution in [2.45, 2.75) is 57.4 Å². The van der Waals surface area contributed by atoms with Gasteiger partial charge in [-0.3, -0.25) is 4.79 Å². The molecule has 1 aliphatic carbocycles. The SMILES string of the molecule is C=CCCC(=O)NC1(C(=O)O)CCC(CC)CC1. The average molecular weight is 253 g/mol. The predicted octanol–water partition coefficient (Wildman–Crippen LogP) is 2.49. The molecule has 1 rings (SSSR count). The number of carbonyl (C=O) groups excluding carboxylic acids is 1. The standard InChI is InChI=1S/C14H23NO3/c1-3-5-6-12(16)15-14(13(17)18)9-7-11(4-2)8-10-14/h3,11H,1,4-10H2,2H3,(H,15,16)(H,17,18). The third-order valence-electron chi connectivity index (χ3n) is 3.90. The van der Waals surface area contributed by atoms with Gasteiger partial charge in [0.15, 0.2) is 0 Å². The molecule has 18 heavy (non-hydrogen) atoms. The summed E-state index contributed by atoms with van der Waals surface area (Å²) in [6, 6.07) is 0. The van der Waals surface area contributed by atoms with E-state index in [0.717, 1.165) is 19.3 Å². The summed E-state index contributed by atoms with van der Waals surface area (Å²) in [7, 11) is 0. The molecule has 0 aromatic rings. The summed E-state index contributed by atoms with van der Waals surface area (Å²) in [5.74, 6) is -0.487. The Morgan fingerprint density at radius 2 is 2.06 bits per heavy atom. The summed E-state index contributed by atoms with van der Waals surface area (Å²) in [5, 5.41) is 12.1. The van der Waals surface area contributed by atoms with Crippen LogP contribution in [-0.2, 0) is 9.59 Å². The van der Waals surface area contributed by atoms with Crippen LogP contribution in [0.25, 0.3) is 0 Å². The first kappa shape index (κ1) is 14.7. The number of aliphatic carboxylic acids is 1. The molecule has 0 bridgehead atoms. The van der Waals surface area contributed by atoms with Gasteiger partial charge in [0.05, 0.1) is 0 Å². The molecule has 2 N–H and O–H groups in total. The molecule has 1 amide bonds. The van der Waals surface area contributed by atoms with Gasteiger partial charge in [0.2, 0.25) is 5.91 Å². The molecule has 0 unspecified atom stereocenters. The predicted molar refractivity (Wildman–Crippen MR) is 70.2 cm³/mol. The van der Waals surface area contributed by atoms with E-state index < -0.39 is 11.5 Å².